The molecule has 2 aromatic rings. The van der Waals surface area contributed by atoms with Gasteiger partial charge >= 0.3 is 0 Å². The largest absolute Gasteiger partial charge is 0.335 e. The van der Waals surface area contributed by atoms with E-state index in [1.807, 2.05) is 5.38 Å². The van der Waals surface area contributed by atoms with Crippen molar-refractivity contribution in [2.24, 2.45) is 0 Å². The standard InChI is InChI=1S/C15H17N3O2S/c1-3-7-17(8-4-2)13(19)5-9-18-11-16-14-12(15(18)20)6-10-21-14/h3-4,6,10-11H,1-2,5,7-9H2. The first-order valence-electron chi connectivity index (χ1n) is 6.59. The summed E-state index contributed by atoms with van der Waals surface area (Å²) < 4.78 is 1.48. The summed E-state index contributed by atoms with van der Waals surface area (Å²) in [5.74, 6) is -0.0351. The molecule has 0 aliphatic carbocycles. The van der Waals surface area contributed by atoms with Crippen molar-refractivity contribution in [1.82, 2.24) is 14.5 Å². The Morgan fingerprint density at radius 3 is 2.76 bits per heavy atom. The Kier molecular flexibility index (Phi) is 5.05. The lowest BCUT2D eigenvalue weighted by atomic mass is 10.3. The van der Waals surface area contributed by atoms with E-state index in [1.165, 1.54) is 22.2 Å². The Labute approximate surface area is 126 Å². The third-order valence-electron chi connectivity index (χ3n) is 3.07. The van der Waals surface area contributed by atoms with Crippen LogP contribution in [0.25, 0.3) is 10.2 Å². The van der Waals surface area contributed by atoms with Gasteiger partial charge in [-0.1, -0.05) is 12.2 Å². The molecule has 2 heterocycles. The molecule has 0 bridgehead atoms. The molecule has 0 N–H and O–H groups in total. The van der Waals surface area contributed by atoms with E-state index in [2.05, 4.69) is 18.1 Å². The van der Waals surface area contributed by atoms with Crippen LogP contribution in [-0.2, 0) is 11.3 Å². The fourth-order valence-electron chi connectivity index (χ4n) is 2.02. The fourth-order valence-corrected chi connectivity index (χ4v) is 2.74. The van der Waals surface area contributed by atoms with Gasteiger partial charge in [0, 0.05) is 26.1 Å². The Morgan fingerprint density at radius 1 is 1.38 bits per heavy atom. The highest BCUT2D eigenvalue weighted by Crippen LogP contribution is 2.13. The topological polar surface area (TPSA) is 55.2 Å². The zero-order chi connectivity index (χ0) is 15.2. The third-order valence-corrected chi connectivity index (χ3v) is 3.89. The Balaban J connectivity index is 2.08. The summed E-state index contributed by atoms with van der Waals surface area (Å²) in [5.41, 5.74) is -0.104. The summed E-state index contributed by atoms with van der Waals surface area (Å²) in [6.07, 6.45) is 5.10. The molecule has 0 atom stereocenters. The van der Waals surface area contributed by atoms with Gasteiger partial charge in [0.25, 0.3) is 5.56 Å². The zero-order valence-electron chi connectivity index (χ0n) is 11.7. The van der Waals surface area contributed by atoms with Crippen LogP contribution in [0, 0.1) is 0 Å². The summed E-state index contributed by atoms with van der Waals surface area (Å²) in [7, 11) is 0. The first kappa shape index (κ1) is 15.2. The van der Waals surface area contributed by atoms with E-state index in [-0.39, 0.29) is 17.9 Å². The van der Waals surface area contributed by atoms with Crippen LogP contribution < -0.4 is 5.56 Å². The van der Waals surface area contributed by atoms with Gasteiger partial charge in [-0.25, -0.2) is 4.98 Å². The second-order valence-electron chi connectivity index (χ2n) is 4.51. The first-order valence-corrected chi connectivity index (χ1v) is 7.47. The predicted octanol–water partition coefficient (Wildman–Crippen LogP) is 2.05. The Bertz CT molecular complexity index is 707. The maximum atomic E-state index is 12.2. The molecule has 0 fully saturated rings. The normalized spacial score (nSPS) is 10.5. The number of carbonyl (C=O) groups is 1. The van der Waals surface area contributed by atoms with Crippen LogP contribution in [0.15, 0.2) is 47.9 Å². The fraction of sp³-hybridized carbons (Fsp3) is 0.267. The van der Waals surface area contributed by atoms with Crippen molar-refractivity contribution < 1.29 is 4.79 Å². The van der Waals surface area contributed by atoms with Crippen molar-refractivity contribution in [1.29, 1.82) is 0 Å². The molecule has 0 radical (unpaired) electrons. The van der Waals surface area contributed by atoms with Gasteiger partial charge in [-0.2, -0.15) is 0 Å². The second kappa shape index (κ2) is 6.99. The summed E-state index contributed by atoms with van der Waals surface area (Å²) >= 11 is 1.43. The van der Waals surface area contributed by atoms with Crippen LogP contribution in [0.4, 0.5) is 0 Å². The number of hydrogen-bond donors (Lipinski definition) is 0. The minimum absolute atomic E-state index is 0.0351. The van der Waals surface area contributed by atoms with Crippen molar-refractivity contribution in [3.05, 3.63) is 53.4 Å². The Hall–Kier alpha value is -2.21. The summed E-state index contributed by atoms with van der Waals surface area (Å²) in [5, 5.41) is 2.44. The molecular weight excluding hydrogens is 286 g/mol. The number of hydrogen-bond acceptors (Lipinski definition) is 4. The van der Waals surface area contributed by atoms with Crippen molar-refractivity contribution in [3.63, 3.8) is 0 Å². The average molecular weight is 303 g/mol. The molecular formula is C15H17N3O2S. The first-order chi connectivity index (χ1) is 10.2. The molecule has 110 valence electrons. The molecule has 21 heavy (non-hydrogen) atoms. The highest BCUT2D eigenvalue weighted by molar-refractivity contribution is 7.16. The van der Waals surface area contributed by atoms with Crippen LogP contribution in [0.5, 0.6) is 0 Å². The molecule has 0 aromatic carbocycles. The number of amides is 1. The van der Waals surface area contributed by atoms with E-state index in [0.717, 1.165) is 4.83 Å². The molecule has 0 saturated heterocycles. The van der Waals surface area contributed by atoms with E-state index < -0.39 is 0 Å². The number of aromatic nitrogens is 2. The number of nitrogens with zero attached hydrogens (tertiary/aromatic N) is 3. The lowest BCUT2D eigenvalue weighted by Crippen LogP contribution is -2.33. The minimum Gasteiger partial charge on any atom is -0.335 e. The van der Waals surface area contributed by atoms with Crippen molar-refractivity contribution in [2.75, 3.05) is 13.1 Å². The van der Waals surface area contributed by atoms with Gasteiger partial charge in [-0.15, -0.1) is 24.5 Å². The second-order valence-corrected chi connectivity index (χ2v) is 5.40. The van der Waals surface area contributed by atoms with Gasteiger partial charge in [0.1, 0.15) is 4.83 Å². The number of fused-ring (bicyclic) bond motifs is 1. The number of rotatable bonds is 7. The quantitative estimate of drug-likeness (QED) is 0.736. The van der Waals surface area contributed by atoms with E-state index in [1.54, 1.807) is 23.1 Å². The molecule has 0 spiro atoms. The molecule has 0 aliphatic rings. The number of carbonyl (C=O) groups excluding carboxylic acids is 1. The van der Waals surface area contributed by atoms with Crippen molar-refractivity contribution in [3.8, 4) is 0 Å². The number of thiophene rings is 1. The molecule has 0 aliphatic heterocycles. The maximum Gasteiger partial charge on any atom is 0.262 e. The highest BCUT2D eigenvalue weighted by Gasteiger charge is 2.12. The van der Waals surface area contributed by atoms with Crippen molar-refractivity contribution in [2.45, 2.75) is 13.0 Å². The summed E-state index contributed by atoms with van der Waals surface area (Å²) in [4.78, 5) is 30.9. The van der Waals surface area contributed by atoms with Gasteiger partial charge in [0.05, 0.1) is 11.7 Å². The zero-order valence-corrected chi connectivity index (χ0v) is 12.5. The van der Waals surface area contributed by atoms with Gasteiger partial charge in [0.15, 0.2) is 0 Å². The minimum atomic E-state index is -0.104. The average Bonchev–Trinajstić information content (AvgIpc) is 2.95. The van der Waals surface area contributed by atoms with E-state index in [4.69, 9.17) is 0 Å². The van der Waals surface area contributed by atoms with Crippen LogP contribution in [0.3, 0.4) is 0 Å². The lowest BCUT2D eigenvalue weighted by Gasteiger charge is -2.19. The van der Waals surface area contributed by atoms with Gasteiger partial charge in [0.2, 0.25) is 5.91 Å². The summed E-state index contributed by atoms with van der Waals surface area (Å²) in [6, 6.07) is 1.76. The van der Waals surface area contributed by atoms with E-state index in [9.17, 15) is 9.59 Å². The molecule has 5 nitrogen and oxygen atoms in total. The van der Waals surface area contributed by atoms with Crippen molar-refractivity contribution >= 4 is 27.5 Å². The van der Waals surface area contributed by atoms with Gasteiger partial charge in [-0.05, 0) is 11.4 Å². The van der Waals surface area contributed by atoms with Gasteiger partial charge in [-0.3, -0.25) is 14.2 Å². The molecule has 2 rings (SSSR count). The maximum absolute atomic E-state index is 12.2. The van der Waals surface area contributed by atoms with Crippen LogP contribution in [0.1, 0.15) is 6.42 Å². The smallest absolute Gasteiger partial charge is 0.262 e. The SMILES string of the molecule is C=CCN(CC=C)C(=O)CCn1cnc2sccc2c1=O. The monoisotopic (exact) mass is 303 g/mol. The van der Waals surface area contributed by atoms with Crippen LogP contribution in [0.2, 0.25) is 0 Å². The molecule has 6 heteroatoms. The van der Waals surface area contributed by atoms with Gasteiger partial charge < -0.3 is 4.90 Å². The highest BCUT2D eigenvalue weighted by atomic mass is 32.1. The van der Waals surface area contributed by atoms with E-state index in [0.29, 0.717) is 25.0 Å². The molecule has 1 amide bonds. The summed E-state index contributed by atoms with van der Waals surface area (Å²) in [6.45, 7) is 8.54. The third kappa shape index (κ3) is 3.46. The molecule has 0 unspecified atom stereocenters. The molecule has 2 aromatic heterocycles. The van der Waals surface area contributed by atoms with Crippen LogP contribution in [-0.4, -0.2) is 33.4 Å². The molecule has 0 saturated carbocycles. The van der Waals surface area contributed by atoms with Crippen LogP contribution >= 0.6 is 11.3 Å². The number of aryl methyl sites for hydroxylation is 1. The lowest BCUT2D eigenvalue weighted by molar-refractivity contribution is -0.130. The van der Waals surface area contributed by atoms with E-state index >= 15 is 0 Å². The Morgan fingerprint density at radius 2 is 2.10 bits per heavy atom. The predicted molar refractivity (Wildman–Crippen MR) is 85.5 cm³/mol.